The number of fused-ring (bicyclic) bond motifs is 2. The molecule has 1 aromatic heterocycles. The van der Waals surface area contributed by atoms with Gasteiger partial charge in [0.2, 0.25) is 5.91 Å². The third-order valence-electron chi connectivity index (χ3n) is 6.08. The van der Waals surface area contributed by atoms with Gasteiger partial charge < -0.3 is 15.0 Å². The highest BCUT2D eigenvalue weighted by molar-refractivity contribution is 6.21. The number of nitrogens with zero attached hydrogens (tertiary/aromatic N) is 1. The van der Waals surface area contributed by atoms with Crippen molar-refractivity contribution < 1.29 is 23.9 Å². The maximum atomic E-state index is 12.5. The van der Waals surface area contributed by atoms with Crippen LogP contribution in [0, 0.1) is 0 Å². The summed E-state index contributed by atoms with van der Waals surface area (Å²) in [5.74, 6) is -1.27. The lowest BCUT2D eigenvalue weighted by molar-refractivity contribution is -0.145. The molecule has 0 bridgehead atoms. The maximum absolute atomic E-state index is 12.5. The van der Waals surface area contributed by atoms with Gasteiger partial charge in [0.1, 0.15) is 6.04 Å². The SMILES string of the molecule is COC(=O)[C@@H](Cc1c[nH]c2ccccc12)NC(=O)CCCCCN1C(=O)c2ccccc2C1=O. The van der Waals surface area contributed by atoms with E-state index in [1.165, 1.54) is 12.0 Å². The van der Waals surface area contributed by atoms with Crippen molar-refractivity contribution in [3.8, 4) is 0 Å². The number of esters is 1. The molecule has 1 aliphatic rings. The van der Waals surface area contributed by atoms with E-state index in [-0.39, 0.29) is 24.1 Å². The summed E-state index contributed by atoms with van der Waals surface area (Å²) in [4.78, 5) is 54.0. The zero-order chi connectivity index (χ0) is 24.1. The molecule has 34 heavy (non-hydrogen) atoms. The summed E-state index contributed by atoms with van der Waals surface area (Å²) >= 11 is 0. The second-order valence-electron chi connectivity index (χ2n) is 8.33. The van der Waals surface area contributed by atoms with Crippen molar-refractivity contribution in [3.05, 3.63) is 71.4 Å². The van der Waals surface area contributed by atoms with Gasteiger partial charge >= 0.3 is 5.97 Å². The number of unbranched alkanes of at least 4 members (excludes halogenated alkanes) is 2. The molecule has 4 rings (SSSR count). The smallest absolute Gasteiger partial charge is 0.328 e. The minimum Gasteiger partial charge on any atom is -0.467 e. The van der Waals surface area contributed by atoms with E-state index in [1.54, 1.807) is 24.3 Å². The lowest BCUT2D eigenvalue weighted by Gasteiger charge is -2.16. The Kier molecular flexibility index (Phi) is 7.06. The van der Waals surface area contributed by atoms with E-state index in [4.69, 9.17) is 4.74 Å². The van der Waals surface area contributed by atoms with E-state index in [0.717, 1.165) is 16.5 Å². The molecule has 3 aromatic rings. The van der Waals surface area contributed by atoms with Crippen LogP contribution < -0.4 is 5.32 Å². The monoisotopic (exact) mass is 461 g/mol. The highest BCUT2D eigenvalue weighted by Crippen LogP contribution is 2.23. The van der Waals surface area contributed by atoms with Crippen LogP contribution in [0.2, 0.25) is 0 Å². The number of H-pyrrole nitrogens is 1. The van der Waals surface area contributed by atoms with Crippen molar-refractivity contribution in [2.24, 2.45) is 0 Å². The quantitative estimate of drug-likeness (QED) is 0.274. The average Bonchev–Trinajstić information content (AvgIpc) is 3.37. The topological polar surface area (TPSA) is 109 Å². The van der Waals surface area contributed by atoms with Crippen LogP contribution in [0.3, 0.4) is 0 Å². The largest absolute Gasteiger partial charge is 0.467 e. The summed E-state index contributed by atoms with van der Waals surface area (Å²) < 4.78 is 4.89. The van der Waals surface area contributed by atoms with Gasteiger partial charge in [-0.05, 0) is 36.6 Å². The Balaban J connectivity index is 1.24. The van der Waals surface area contributed by atoms with E-state index >= 15 is 0 Å². The molecule has 2 aromatic carbocycles. The van der Waals surface area contributed by atoms with Crippen LogP contribution in [0.25, 0.3) is 10.9 Å². The molecule has 1 atom stereocenters. The predicted octanol–water partition coefficient (Wildman–Crippen LogP) is 3.22. The molecule has 2 heterocycles. The number of carbonyl (C=O) groups excluding carboxylic acids is 4. The summed E-state index contributed by atoms with van der Waals surface area (Å²) in [5.41, 5.74) is 2.77. The van der Waals surface area contributed by atoms with Gasteiger partial charge in [-0.15, -0.1) is 0 Å². The molecule has 0 saturated carbocycles. The molecule has 0 saturated heterocycles. The van der Waals surface area contributed by atoms with Crippen LogP contribution in [0.5, 0.6) is 0 Å². The van der Waals surface area contributed by atoms with Gasteiger partial charge in [0, 0.05) is 36.5 Å². The van der Waals surface area contributed by atoms with Crippen molar-refractivity contribution in [2.45, 2.75) is 38.1 Å². The number of hydrogen-bond donors (Lipinski definition) is 2. The van der Waals surface area contributed by atoms with Gasteiger partial charge in [-0.1, -0.05) is 36.8 Å². The van der Waals surface area contributed by atoms with Crippen molar-refractivity contribution >= 4 is 34.6 Å². The van der Waals surface area contributed by atoms with Crippen LogP contribution >= 0.6 is 0 Å². The number of ether oxygens (including phenoxy) is 1. The number of rotatable bonds is 10. The van der Waals surface area contributed by atoms with Crippen LogP contribution in [-0.4, -0.2) is 53.3 Å². The number of imide groups is 1. The molecule has 0 aliphatic carbocycles. The van der Waals surface area contributed by atoms with Crippen molar-refractivity contribution in [2.75, 3.05) is 13.7 Å². The Hall–Kier alpha value is -3.94. The number of carbonyl (C=O) groups is 4. The fourth-order valence-electron chi connectivity index (χ4n) is 4.30. The summed E-state index contributed by atoms with van der Waals surface area (Å²) in [6.07, 6.45) is 4.26. The van der Waals surface area contributed by atoms with Crippen LogP contribution in [0.15, 0.2) is 54.7 Å². The Labute approximate surface area is 197 Å². The molecule has 1 aliphatic heterocycles. The van der Waals surface area contributed by atoms with Gasteiger partial charge in [0.25, 0.3) is 11.8 Å². The number of nitrogens with one attached hydrogen (secondary N) is 2. The second kappa shape index (κ2) is 10.3. The van der Waals surface area contributed by atoms with Crippen molar-refractivity contribution in [3.63, 3.8) is 0 Å². The molecule has 0 spiro atoms. The van der Waals surface area contributed by atoms with E-state index in [1.807, 2.05) is 30.5 Å². The number of aromatic amines is 1. The first-order chi connectivity index (χ1) is 16.5. The summed E-state index contributed by atoms with van der Waals surface area (Å²) in [7, 11) is 1.30. The maximum Gasteiger partial charge on any atom is 0.328 e. The van der Waals surface area contributed by atoms with Gasteiger partial charge in [0.15, 0.2) is 0 Å². The first-order valence-corrected chi connectivity index (χ1v) is 11.4. The lowest BCUT2D eigenvalue weighted by Crippen LogP contribution is -2.43. The Morgan fingerprint density at radius 2 is 1.65 bits per heavy atom. The predicted molar refractivity (Wildman–Crippen MR) is 126 cm³/mol. The highest BCUT2D eigenvalue weighted by atomic mass is 16.5. The van der Waals surface area contributed by atoms with E-state index in [9.17, 15) is 19.2 Å². The van der Waals surface area contributed by atoms with Gasteiger partial charge in [-0.2, -0.15) is 0 Å². The molecule has 2 N–H and O–H groups in total. The van der Waals surface area contributed by atoms with Gasteiger partial charge in [0.05, 0.1) is 18.2 Å². The molecule has 8 heteroatoms. The molecule has 0 radical (unpaired) electrons. The van der Waals surface area contributed by atoms with E-state index in [0.29, 0.717) is 43.4 Å². The van der Waals surface area contributed by atoms with Gasteiger partial charge in [-0.3, -0.25) is 19.3 Å². The molecular weight excluding hydrogens is 434 g/mol. The Morgan fingerprint density at radius 3 is 2.35 bits per heavy atom. The lowest BCUT2D eigenvalue weighted by atomic mass is 10.0. The first kappa shape index (κ1) is 23.2. The number of hydrogen-bond acceptors (Lipinski definition) is 5. The van der Waals surface area contributed by atoms with Gasteiger partial charge in [-0.25, -0.2) is 4.79 Å². The fourth-order valence-corrected chi connectivity index (χ4v) is 4.30. The molecule has 0 unspecified atom stereocenters. The third-order valence-corrected chi connectivity index (χ3v) is 6.08. The Bertz CT molecular complexity index is 1200. The summed E-state index contributed by atoms with van der Waals surface area (Å²) in [5, 5.41) is 3.78. The number of methoxy groups -OCH3 is 1. The molecule has 3 amide bonds. The minimum absolute atomic E-state index is 0.240. The second-order valence-corrected chi connectivity index (χ2v) is 8.33. The highest BCUT2D eigenvalue weighted by Gasteiger charge is 2.34. The standard InChI is InChI=1S/C26H27N3O5/c1-34-26(33)22(15-17-16-27-21-12-7-6-9-18(17)21)28-23(30)13-3-2-8-14-29-24(31)19-10-4-5-11-20(19)25(29)32/h4-7,9-12,16,22,27H,2-3,8,13-15H2,1H3,(H,28,30)/t22-/m1/s1. The Morgan fingerprint density at radius 1 is 0.971 bits per heavy atom. The van der Waals surface area contributed by atoms with Crippen molar-refractivity contribution in [1.29, 1.82) is 0 Å². The number of benzene rings is 2. The zero-order valence-corrected chi connectivity index (χ0v) is 19.0. The molecule has 0 fully saturated rings. The average molecular weight is 462 g/mol. The third kappa shape index (κ3) is 4.85. The summed E-state index contributed by atoms with van der Waals surface area (Å²) in [6, 6.07) is 13.8. The van der Waals surface area contributed by atoms with Crippen molar-refractivity contribution in [1.82, 2.24) is 15.2 Å². The molecular formula is C26H27N3O5. The number of aromatic nitrogens is 1. The fraction of sp³-hybridized carbons (Fsp3) is 0.308. The normalized spacial score (nSPS) is 13.7. The van der Waals surface area contributed by atoms with E-state index in [2.05, 4.69) is 10.3 Å². The van der Waals surface area contributed by atoms with Crippen LogP contribution in [0.4, 0.5) is 0 Å². The number of para-hydroxylation sites is 1. The first-order valence-electron chi connectivity index (χ1n) is 11.4. The number of amides is 3. The van der Waals surface area contributed by atoms with Crippen LogP contribution in [-0.2, 0) is 20.7 Å². The van der Waals surface area contributed by atoms with Crippen LogP contribution in [0.1, 0.15) is 52.0 Å². The summed E-state index contributed by atoms with van der Waals surface area (Å²) in [6.45, 7) is 0.319. The minimum atomic E-state index is -0.782. The molecule has 8 nitrogen and oxygen atoms in total. The molecule has 176 valence electrons. The zero-order valence-electron chi connectivity index (χ0n) is 19.0. The van der Waals surface area contributed by atoms with E-state index < -0.39 is 12.0 Å².